The lowest BCUT2D eigenvalue weighted by Crippen LogP contribution is -2.25. The number of allylic oxidation sites excluding steroid dienone is 2. The van der Waals surface area contributed by atoms with Gasteiger partial charge in [0.15, 0.2) is 11.7 Å². The van der Waals surface area contributed by atoms with Crippen molar-refractivity contribution in [1.82, 2.24) is 5.32 Å². The maximum absolute atomic E-state index is 13.9. The third-order valence-corrected chi connectivity index (χ3v) is 8.60. The third-order valence-electron chi connectivity index (χ3n) is 8.60. The van der Waals surface area contributed by atoms with Gasteiger partial charge in [0.25, 0.3) is 5.91 Å². The number of nitrogens with zero attached hydrogens (tertiary/aromatic N) is 1. The first kappa shape index (κ1) is 31.5. The van der Waals surface area contributed by atoms with Crippen LogP contribution in [-0.2, 0) is 20.7 Å². The van der Waals surface area contributed by atoms with Crippen LogP contribution in [0.25, 0.3) is 5.57 Å². The van der Waals surface area contributed by atoms with Crippen LogP contribution < -0.4 is 10.1 Å². The van der Waals surface area contributed by atoms with Crippen molar-refractivity contribution in [2.24, 2.45) is 4.99 Å². The predicted molar refractivity (Wildman–Crippen MR) is 174 cm³/mol. The summed E-state index contributed by atoms with van der Waals surface area (Å²) >= 11 is 0. The normalized spacial score (nSPS) is 19.7. The second-order valence-corrected chi connectivity index (χ2v) is 11.7. The molecule has 44 heavy (non-hydrogen) atoms. The van der Waals surface area contributed by atoms with E-state index < -0.39 is 0 Å². The molecule has 0 saturated carbocycles. The van der Waals surface area contributed by atoms with Gasteiger partial charge < -0.3 is 19.5 Å². The summed E-state index contributed by atoms with van der Waals surface area (Å²) < 4.78 is 17.3. The Hall–Kier alpha value is -3.97. The van der Waals surface area contributed by atoms with E-state index in [1.807, 2.05) is 49.4 Å². The Kier molecular flexibility index (Phi) is 10.8. The van der Waals surface area contributed by atoms with Gasteiger partial charge in [-0.2, -0.15) is 0 Å². The van der Waals surface area contributed by atoms with Gasteiger partial charge in [0, 0.05) is 50.0 Å². The number of carbonyl (C=O) groups is 2. The van der Waals surface area contributed by atoms with E-state index in [-0.39, 0.29) is 23.7 Å². The Bertz CT molecular complexity index is 1460. The van der Waals surface area contributed by atoms with E-state index >= 15 is 0 Å². The minimum Gasteiger partial charge on any atom is -0.497 e. The number of hydrogen-bond acceptors (Lipinski definition) is 6. The standard InChI is InChI=1S/C37H44N2O5/c1-4-27-22-29(36-10-5-6-21-43-36)23-34(33-24-31(42-3)15-16-32(27)33)35(40)9-7-8-26-11-13-28(14-12-26)37(41)39-20-18-30-17-19-38-25(2)44-30/h11-17,22-24,27,36H,4-10,18-21H2,1-3H3,(H,39,41). The Balaban J connectivity index is 1.21. The number of benzene rings is 2. The molecule has 7 nitrogen and oxygen atoms in total. The summed E-state index contributed by atoms with van der Waals surface area (Å²) in [4.78, 5) is 30.7. The highest BCUT2D eigenvalue weighted by Gasteiger charge is 2.27. The highest BCUT2D eigenvalue weighted by Crippen LogP contribution is 2.39. The summed E-state index contributed by atoms with van der Waals surface area (Å²) in [7, 11) is 1.66. The number of amides is 1. The van der Waals surface area contributed by atoms with Crippen LogP contribution in [0.15, 0.2) is 77.0 Å². The number of ketones is 1. The first-order valence-corrected chi connectivity index (χ1v) is 16.0. The molecule has 0 aromatic heterocycles. The third kappa shape index (κ3) is 7.94. The first-order chi connectivity index (χ1) is 21.4. The molecule has 0 radical (unpaired) electrons. The molecule has 2 atom stereocenters. The van der Waals surface area contributed by atoms with Gasteiger partial charge in [0.05, 0.1) is 19.8 Å². The second kappa shape index (κ2) is 15.2. The number of ether oxygens (including phenoxy) is 3. The molecule has 0 spiro atoms. The van der Waals surface area contributed by atoms with E-state index in [9.17, 15) is 9.59 Å². The van der Waals surface area contributed by atoms with E-state index in [4.69, 9.17) is 14.2 Å². The van der Waals surface area contributed by atoms with Crippen molar-refractivity contribution < 1.29 is 23.8 Å². The zero-order valence-corrected chi connectivity index (χ0v) is 26.2. The molecular weight excluding hydrogens is 552 g/mol. The summed E-state index contributed by atoms with van der Waals surface area (Å²) in [6.45, 7) is 5.90. The first-order valence-electron chi connectivity index (χ1n) is 16.0. The van der Waals surface area contributed by atoms with Crippen LogP contribution in [0.2, 0.25) is 0 Å². The number of methoxy groups -OCH3 is 1. The largest absolute Gasteiger partial charge is 0.497 e. The van der Waals surface area contributed by atoms with Gasteiger partial charge in [0.2, 0.25) is 0 Å². The van der Waals surface area contributed by atoms with Gasteiger partial charge in [-0.15, -0.1) is 0 Å². The molecule has 2 aliphatic heterocycles. The van der Waals surface area contributed by atoms with Gasteiger partial charge in [-0.3, -0.25) is 14.6 Å². The van der Waals surface area contributed by atoms with Gasteiger partial charge in [-0.05, 0) is 97.2 Å². The highest BCUT2D eigenvalue weighted by atomic mass is 16.5. The number of aliphatic imine (C=N–C) groups is 1. The fourth-order valence-electron chi connectivity index (χ4n) is 6.11. The molecule has 2 unspecified atom stereocenters. The quantitative estimate of drug-likeness (QED) is 0.282. The summed E-state index contributed by atoms with van der Waals surface area (Å²) in [5, 5.41) is 2.96. The summed E-state index contributed by atoms with van der Waals surface area (Å²) in [5.41, 5.74) is 5.72. The molecule has 2 aromatic carbocycles. The van der Waals surface area contributed by atoms with Gasteiger partial charge >= 0.3 is 0 Å². The van der Waals surface area contributed by atoms with Crippen LogP contribution in [-0.4, -0.2) is 50.5 Å². The average molecular weight is 597 g/mol. The number of fused-ring (bicyclic) bond motifs is 1. The molecule has 1 saturated heterocycles. The van der Waals surface area contributed by atoms with Crippen LogP contribution in [0.1, 0.15) is 91.8 Å². The molecule has 3 aliphatic rings. The lowest BCUT2D eigenvalue weighted by molar-refractivity contribution is -0.113. The molecule has 2 heterocycles. The van der Waals surface area contributed by atoms with E-state index in [0.717, 1.165) is 78.9 Å². The highest BCUT2D eigenvalue weighted by molar-refractivity contribution is 6.22. The van der Waals surface area contributed by atoms with Gasteiger partial charge in [-0.1, -0.05) is 31.2 Å². The Morgan fingerprint density at radius 3 is 2.66 bits per heavy atom. The van der Waals surface area contributed by atoms with Crippen molar-refractivity contribution in [2.45, 2.75) is 77.2 Å². The second-order valence-electron chi connectivity index (χ2n) is 11.7. The SMILES string of the molecule is CCC1C=C(C2CCCCO2)C=C(C(=O)CCCc2ccc(C(=O)NCCC3=CCN=C(C)O3)cc2)c2cc(OC)ccc21. The fraction of sp³-hybridized carbons (Fsp3) is 0.432. The van der Waals surface area contributed by atoms with Crippen molar-refractivity contribution in [3.05, 3.63) is 94.3 Å². The lowest BCUT2D eigenvalue weighted by Gasteiger charge is -2.24. The number of aryl methyl sites for hydroxylation is 1. The minimum absolute atomic E-state index is 0.0313. The van der Waals surface area contributed by atoms with Crippen molar-refractivity contribution in [3.8, 4) is 5.75 Å². The number of nitrogens with one attached hydrogen (secondary N) is 1. The van der Waals surface area contributed by atoms with E-state index in [2.05, 4.69) is 35.5 Å². The van der Waals surface area contributed by atoms with Crippen molar-refractivity contribution in [1.29, 1.82) is 0 Å². The summed E-state index contributed by atoms with van der Waals surface area (Å²) in [6, 6.07) is 13.8. The van der Waals surface area contributed by atoms with Crippen LogP contribution in [0, 0.1) is 0 Å². The molecule has 7 heteroatoms. The van der Waals surface area contributed by atoms with Crippen molar-refractivity contribution in [2.75, 3.05) is 26.8 Å². The number of rotatable bonds is 12. The smallest absolute Gasteiger partial charge is 0.251 e. The Morgan fingerprint density at radius 2 is 1.93 bits per heavy atom. The van der Waals surface area contributed by atoms with E-state index in [0.29, 0.717) is 37.4 Å². The van der Waals surface area contributed by atoms with Crippen LogP contribution in [0.4, 0.5) is 0 Å². The molecule has 1 aliphatic carbocycles. The van der Waals surface area contributed by atoms with Gasteiger partial charge in [-0.25, -0.2) is 0 Å². The molecule has 5 rings (SSSR count). The fourth-order valence-corrected chi connectivity index (χ4v) is 6.11. The molecule has 1 fully saturated rings. The summed E-state index contributed by atoms with van der Waals surface area (Å²) in [6.07, 6.45) is 13.1. The molecule has 1 N–H and O–H groups in total. The van der Waals surface area contributed by atoms with Crippen LogP contribution in [0.3, 0.4) is 0 Å². The van der Waals surface area contributed by atoms with Gasteiger partial charge in [0.1, 0.15) is 11.5 Å². The topological polar surface area (TPSA) is 86.2 Å². The molecule has 232 valence electrons. The number of carbonyl (C=O) groups excluding carboxylic acids is 2. The predicted octanol–water partition coefficient (Wildman–Crippen LogP) is 7.13. The Morgan fingerprint density at radius 1 is 1.09 bits per heavy atom. The van der Waals surface area contributed by atoms with Crippen LogP contribution in [0.5, 0.6) is 5.75 Å². The molecule has 1 amide bonds. The van der Waals surface area contributed by atoms with Crippen molar-refractivity contribution >= 4 is 23.2 Å². The summed E-state index contributed by atoms with van der Waals surface area (Å²) in [5.74, 6) is 2.48. The minimum atomic E-state index is -0.112. The average Bonchev–Trinajstić information content (AvgIpc) is 3.22. The zero-order valence-electron chi connectivity index (χ0n) is 26.2. The molecule has 0 bridgehead atoms. The lowest BCUT2D eigenvalue weighted by atomic mass is 9.88. The van der Waals surface area contributed by atoms with E-state index in [1.165, 1.54) is 5.56 Å². The Labute approximate surface area is 261 Å². The molecule has 2 aromatic rings. The maximum atomic E-state index is 13.9. The number of hydrogen-bond donors (Lipinski definition) is 1. The van der Waals surface area contributed by atoms with E-state index in [1.54, 1.807) is 7.11 Å². The zero-order chi connectivity index (χ0) is 30.9. The van der Waals surface area contributed by atoms with Crippen molar-refractivity contribution in [3.63, 3.8) is 0 Å². The van der Waals surface area contributed by atoms with Crippen LogP contribution >= 0.6 is 0 Å². The maximum Gasteiger partial charge on any atom is 0.251 e. The number of Topliss-reactive ketones (excluding diaryl/α,β-unsaturated/α-hetero) is 1. The molecular formula is C37H44N2O5. The monoisotopic (exact) mass is 596 g/mol.